The second kappa shape index (κ2) is 7.81. The quantitative estimate of drug-likeness (QED) is 0.780. The van der Waals surface area contributed by atoms with E-state index < -0.39 is 0 Å². The summed E-state index contributed by atoms with van der Waals surface area (Å²) < 4.78 is 0. The van der Waals surface area contributed by atoms with Gasteiger partial charge in [0, 0.05) is 35.3 Å². The van der Waals surface area contributed by atoms with Gasteiger partial charge in [-0.25, -0.2) is 0 Å². The number of rotatable bonds is 4. The van der Waals surface area contributed by atoms with Crippen LogP contribution in [0.3, 0.4) is 0 Å². The minimum absolute atomic E-state index is 0.164. The smallest absolute Gasteiger partial charge is 0.254 e. The van der Waals surface area contributed by atoms with Crippen molar-refractivity contribution in [2.45, 2.75) is 31.7 Å². The molecule has 2 aliphatic rings. The molecule has 1 atom stereocenters. The van der Waals surface area contributed by atoms with Gasteiger partial charge in [0.25, 0.3) is 5.91 Å². The summed E-state index contributed by atoms with van der Waals surface area (Å²) in [4.78, 5) is 17.6. The summed E-state index contributed by atoms with van der Waals surface area (Å²) >= 11 is 6.28. The van der Waals surface area contributed by atoms with Gasteiger partial charge in [0.1, 0.15) is 0 Å². The summed E-state index contributed by atoms with van der Waals surface area (Å²) in [5.74, 6) is 0.164. The van der Waals surface area contributed by atoms with Crippen molar-refractivity contribution in [3.05, 3.63) is 59.1 Å². The van der Waals surface area contributed by atoms with Crippen LogP contribution in [0.2, 0.25) is 5.02 Å². The number of benzene rings is 2. The zero-order valence-electron chi connectivity index (χ0n) is 15.0. The van der Waals surface area contributed by atoms with E-state index in [0.717, 1.165) is 47.6 Å². The average Bonchev–Trinajstić information content (AvgIpc) is 3.34. The minimum atomic E-state index is 0.164. The topological polar surface area (TPSA) is 23.6 Å². The number of hydrogen-bond donors (Lipinski definition) is 0. The zero-order chi connectivity index (χ0) is 17.9. The van der Waals surface area contributed by atoms with Gasteiger partial charge in [-0.2, -0.15) is 0 Å². The molecule has 0 aromatic heterocycles. The molecule has 2 aliphatic heterocycles. The number of halogens is 1. The van der Waals surface area contributed by atoms with Crippen molar-refractivity contribution in [3.63, 3.8) is 0 Å². The summed E-state index contributed by atoms with van der Waals surface area (Å²) in [6.07, 6.45) is 4.83. The lowest BCUT2D eigenvalue weighted by molar-refractivity contribution is 0.0709. The molecule has 0 saturated carbocycles. The number of likely N-dealkylation sites (tertiary alicyclic amines) is 2. The molecule has 2 aromatic carbocycles. The van der Waals surface area contributed by atoms with Gasteiger partial charge in [-0.1, -0.05) is 41.9 Å². The molecule has 2 heterocycles. The molecule has 2 saturated heterocycles. The van der Waals surface area contributed by atoms with E-state index in [1.165, 1.54) is 25.9 Å². The first-order valence-corrected chi connectivity index (χ1v) is 9.98. The molecule has 0 bridgehead atoms. The second-order valence-electron chi connectivity index (χ2n) is 7.36. The summed E-state index contributed by atoms with van der Waals surface area (Å²) in [7, 11) is 0. The monoisotopic (exact) mass is 368 g/mol. The lowest BCUT2D eigenvalue weighted by Gasteiger charge is -2.28. The number of carbonyl (C=O) groups excluding carboxylic acids is 1. The highest BCUT2D eigenvalue weighted by Gasteiger charge is 2.31. The second-order valence-corrected chi connectivity index (χ2v) is 7.77. The van der Waals surface area contributed by atoms with E-state index >= 15 is 0 Å². The fraction of sp³-hybridized carbons (Fsp3) is 0.409. The number of hydrogen-bond acceptors (Lipinski definition) is 2. The largest absolute Gasteiger partial charge is 0.334 e. The Morgan fingerprint density at radius 1 is 0.962 bits per heavy atom. The standard InChI is InChI=1S/C22H25ClN2O/c23-21-8-2-1-7-20(21)17-9-11-18(12-10-17)22(26)25-15-5-6-19(25)16-24-13-3-4-14-24/h1-2,7-12,19H,3-6,13-16H2/t19-/m0/s1. The average molecular weight is 369 g/mol. The van der Waals surface area contributed by atoms with E-state index in [0.29, 0.717) is 6.04 Å². The van der Waals surface area contributed by atoms with E-state index in [4.69, 9.17) is 11.6 Å². The Labute approximate surface area is 160 Å². The number of nitrogens with zero attached hydrogens (tertiary/aromatic N) is 2. The Balaban J connectivity index is 1.48. The number of amides is 1. The van der Waals surface area contributed by atoms with E-state index in [-0.39, 0.29) is 5.91 Å². The van der Waals surface area contributed by atoms with Crippen LogP contribution in [0.15, 0.2) is 48.5 Å². The third kappa shape index (κ3) is 3.65. The molecule has 0 unspecified atom stereocenters. The van der Waals surface area contributed by atoms with Crippen LogP contribution in [0, 0.1) is 0 Å². The highest BCUT2D eigenvalue weighted by atomic mass is 35.5. The molecule has 0 aliphatic carbocycles. The molecule has 4 rings (SSSR count). The molecule has 26 heavy (non-hydrogen) atoms. The lowest BCUT2D eigenvalue weighted by Crippen LogP contribution is -2.42. The molecular weight excluding hydrogens is 344 g/mol. The summed E-state index contributed by atoms with van der Waals surface area (Å²) in [6, 6.07) is 16.0. The van der Waals surface area contributed by atoms with Crippen LogP contribution in [-0.4, -0.2) is 47.9 Å². The predicted octanol–water partition coefficient (Wildman–Crippen LogP) is 4.71. The van der Waals surface area contributed by atoms with Gasteiger partial charge in [0.05, 0.1) is 0 Å². The van der Waals surface area contributed by atoms with Crippen molar-refractivity contribution in [1.82, 2.24) is 9.80 Å². The third-order valence-corrected chi connectivity index (χ3v) is 5.95. The first kappa shape index (κ1) is 17.6. The molecule has 0 N–H and O–H groups in total. The van der Waals surface area contributed by atoms with Gasteiger partial charge in [-0.15, -0.1) is 0 Å². The summed E-state index contributed by atoms with van der Waals surface area (Å²) in [6.45, 7) is 4.28. The van der Waals surface area contributed by atoms with Crippen molar-refractivity contribution in [1.29, 1.82) is 0 Å². The van der Waals surface area contributed by atoms with Crippen molar-refractivity contribution in [2.75, 3.05) is 26.2 Å². The maximum atomic E-state index is 13.0. The van der Waals surface area contributed by atoms with Crippen LogP contribution in [0.5, 0.6) is 0 Å². The maximum Gasteiger partial charge on any atom is 0.254 e. The summed E-state index contributed by atoms with van der Waals surface area (Å²) in [5, 5.41) is 0.733. The number of carbonyl (C=O) groups is 1. The molecule has 3 nitrogen and oxygen atoms in total. The Bertz CT molecular complexity index is 768. The Morgan fingerprint density at radius 2 is 1.69 bits per heavy atom. The maximum absolute atomic E-state index is 13.0. The van der Waals surface area contributed by atoms with Gasteiger partial charge < -0.3 is 9.80 Å². The Kier molecular flexibility index (Phi) is 5.28. The first-order chi connectivity index (χ1) is 12.7. The molecule has 4 heteroatoms. The predicted molar refractivity (Wildman–Crippen MR) is 107 cm³/mol. The minimum Gasteiger partial charge on any atom is -0.334 e. The SMILES string of the molecule is O=C(c1ccc(-c2ccccc2Cl)cc1)N1CCC[C@H]1CN1CCCC1. The highest BCUT2D eigenvalue weighted by Crippen LogP contribution is 2.28. The van der Waals surface area contributed by atoms with Gasteiger partial charge >= 0.3 is 0 Å². The highest BCUT2D eigenvalue weighted by molar-refractivity contribution is 6.33. The zero-order valence-corrected chi connectivity index (χ0v) is 15.8. The molecule has 136 valence electrons. The van der Waals surface area contributed by atoms with Gasteiger partial charge in [-0.3, -0.25) is 4.79 Å². The first-order valence-electron chi connectivity index (χ1n) is 9.61. The van der Waals surface area contributed by atoms with Gasteiger partial charge in [-0.05, 0) is 62.5 Å². The normalized spacial score (nSPS) is 20.7. The Hall–Kier alpha value is -1.84. The lowest BCUT2D eigenvalue weighted by atomic mass is 10.0. The van der Waals surface area contributed by atoms with E-state index in [1.807, 2.05) is 48.5 Å². The molecule has 0 spiro atoms. The fourth-order valence-corrected chi connectivity index (χ4v) is 4.45. The van der Waals surface area contributed by atoms with Crippen molar-refractivity contribution in [2.24, 2.45) is 0 Å². The molecular formula is C22H25ClN2O. The van der Waals surface area contributed by atoms with Crippen LogP contribution in [-0.2, 0) is 0 Å². The molecule has 2 aromatic rings. The van der Waals surface area contributed by atoms with E-state index in [2.05, 4.69) is 9.80 Å². The van der Waals surface area contributed by atoms with Crippen LogP contribution in [0.4, 0.5) is 0 Å². The molecule has 0 radical (unpaired) electrons. The van der Waals surface area contributed by atoms with E-state index in [9.17, 15) is 4.79 Å². The summed E-state index contributed by atoms with van der Waals surface area (Å²) in [5.41, 5.74) is 2.82. The fourth-order valence-electron chi connectivity index (χ4n) is 4.21. The van der Waals surface area contributed by atoms with Crippen LogP contribution in [0.1, 0.15) is 36.0 Å². The van der Waals surface area contributed by atoms with Crippen LogP contribution < -0.4 is 0 Å². The van der Waals surface area contributed by atoms with Crippen LogP contribution >= 0.6 is 11.6 Å². The van der Waals surface area contributed by atoms with Gasteiger partial charge in [0.15, 0.2) is 0 Å². The third-order valence-electron chi connectivity index (χ3n) is 5.62. The van der Waals surface area contributed by atoms with Crippen molar-refractivity contribution >= 4 is 17.5 Å². The molecule has 2 fully saturated rings. The van der Waals surface area contributed by atoms with Crippen LogP contribution in [0.25, 0.3) is 11.1 Å². The van der Waals surface area contributed by atoms with Gasteiger partial charge in [0.2, 0.25) is 0 Å². The van der Waals surface area contributed by atoms with Crippen molar-refractivity contribution < 1.29 is 4.79 Å². The van der Waals surface area contributed by atoms with E-state index in [1.54, 1.807) is 0 Å². The Morgan fingerprint density at radius 3 is 2.42 bits per heavy atom. The van der Waals surface area contributed by atoms with Crippen molar-refractivity contribution in [3.8, 4) is 11.1 Å². The molecule has 1 amide bonds.